The van der Waals surface area contributed by atoms with Gasteiger partial charge in [0, 0.05) is 5.56 Å². The van der Waals surface area contributed by atoms with E-state index in [4.69, 9.17) is 39.5 Å². The van der Waals surface area contributed by atoms with Gasteiger partial charge in [-0.1, -0.05) is 48.7 Å². The first kappa shape index (κ1) is 20.6. The van der Waals surface area contributed by atoms with Crippen LogP contribution in [0.4, 0.5) is 4.39 Å². The molecule has 0 aliphatic rings. The van der Waals surface area contributed by atoms with Crippen molar-refractivity contribution in [2.45, 2.75) is 26.7 Å². The monoisotopic (exact) mass is 416 g/mol. The van der Waals surface area contributed by atoms with Crippen LogP contribution in [0.2, 0.25) is 10.0 Å². The summed E-state index contributed by atoms with van der Waals surface area (Å²) < 4.78 is 19.4. The quantitative estimate of drug-likeness (QED) is 0.448. The Bertz CT molecular complexity index is 857. The van der Waals surface area contributed by atoms with Crippen LogP contribution in [0, 0.1) is 5.82 Å². The van der Waals surface area contributed by atoms with Crippen LogP contribution in [0.5, 0.6) is 0 Å². The van der Waals surface area contributed by atoms with Gasteiger partial charge in [0.1, 0.15) is 17.2 Å². The number of carbonyl (C=O) groups is 1. The summed E-state index contributed by atoms with van der Waals surface area (Å²) in [5, 5.41) is 0.189. The fourth-order valence-corrected chi connectivity index (χ4v) is 2.87. The molecule has 0 unspecified atom stereocenters. The number of carbonyl (C=O) groups excluding carboxylic acids is 1. The zero-order chi connectivity index (χ0) is 19.3. The third-order valence-corrected chi connectivity index (χ3v) is 4.44. The van der Waals surface area contributed by atoms with Crippen LogP contribution in [0.15, 0.2) is 23.5 Å². The highest BCUT2D eigenvalue weighted by atomic mass is 35.5. The van der Waals surface area contributed by atoms with Crippen LogP contribution in [0.25, 0.3) is 17.3 Å². The second kappa shape index (κ2) is 9.31. The molecular weight excluding hydrogens is 402 g/mol. The Balaban J connectivity index is 2.49. The molecule has 0 atom stereocenters. The largest absolute Gasteiger partial charge is 0.461 e. The number of benzene rings is 1. The van der Waals surface area contributed by atoms with Gasteiger partial charge in [0.05, 0.1) is 28.0 Å². The molecule has 2 rings (SSSR count). The smallest absolute Gasteiger partial charge is 0.349 e. The van der Waals surface area contributed by atoms with E-state index >= 15 is 0 Å². The van der Waals surface area contributed by atoms with Crippen LogP contribution in [-0.4, -0.2) is 22.5 Å². The summed E-state index contributed by atoms with van der Waals surface area (Å²) in [7, 11) is 0. The van der Waals surface area contributed by atoms with E-state index in [0.29, 0.717) is 24.1 Å². The van der Waals surface area contributed by atoms with Crippen LogP contribution in [0.3, 0.4) is 0 Å². The maximum atomic E-state index is 14.4. The first-order valence-electron chi connectivity index (χ1n) is 7.92. The predicted molar refractivity (Wildman–Crippen MR) is 102 cm³/mol. The van der Waals surface area contributed by atoms with E-state index in [0.717, 1.165) is 6.07 Å². The van der Waals surface area contributed by atoms with Crippen molar-refractivity contribution in [1.82, 2.24) is 9.97 Å². The van der Waals surface area contributed by atoms with E-state index in [9.17, 15) is 9.18 Å². The Labute approximate surface area is 166 Å². The normalized spacial score (nSPS) is 11.5. The van der Waals surface area contributed by atoms with Crippen molar-refractivity contribution in [2.24, 2.45) is 0 Å². The number of halogens is 4. The number of hydrogen-bond donors (Lipinski definition) is 0. The highest BCUT2D eigenvalue weighted by molar-refractivity contribution is 6.43. The molecule has 8 heteroatoms. The van der Waals surface area contributed by atoms with Crippen molar-refractivity contribution in [3.05, 3.63) is 50.6 Å². The van der Waals surface area contributed by atoms with E-state index in [1.807, 2.05) is 13.8 Å². The molecular formula is C18H16Cl3FN2O2. The van der Waals surface area contributed by atoms with Gasteiger partial charge in [0.2, 0.25) is 0 Å². The Morgan fingerprint density at radius 2 is 2.00 bits per heavy atom. The first-order valence-corrected chi connectivity index (χ1v) is 9.05. The second-order valence-corrected chi connectivity index (χ2v) is 6.51. The molecule has 138 valence electrons. The Hall–Kier alpha value is -1.69. The van der Waals surface area contributed by atoms with E-state index < -0.39 is 11.8 Å². The molecule has 0 aliphatic heterocycles. The van der Waals surface area contributed by atoms with E-state index in [1.165, 1.54) is 18.5 Å². The Kier molecular flexibility index (Phi) is 7.38. The highest BCUT2D eigenvalue weighted by Crippen LogP contribution is 2.33. The minimum Gasteiger partial charge on any atom is -0.461 e. The van der Waals surface area contributed by atoms with Gasteiger partial charge < -0.3 is 4.74 Å². The summed E-state index contributed by atoms with van der Waals surface area (Å²) >= 11 is 18.3. The number of hydrogen-bond acceptors (Lipinski definition) is 4. The highest BCUT2D eigenvalue weighted by Gasteiger charge is 2.17. The van der Waals surface area contributed by atoms with Gasteiger partial charge in [-0.15, -0.1) is 0 Å². The minimum atomic E-state index is -0.677. The van der Waals surface area contributed by atoms with Crippen molar-refractivity contribution in [3.8, 4) is 11.3 Å². The molecule has 26 heavy (non-hydrogen) atoms. The van der Waals surface area contributed by atoms with Gasteiger partial charge in [0.15, 0.2) is 0 Å². The lowest BCUT2D eigenvalue weighted by Gasteiger charge is -2.10. The third kappa shape index (κ3) is 4.72. The zero-order valence-electron chi connectivity index (χ0n) is 14.2. The number of rotatable bonds is 6. The standard InChI is InChI=1S/C18H16Cl3FN2O2/c1-3-5-26-18(25)13(20)7-10-6-11(14(22)8-12(10)19)17-16(21)15(4-2)23-9-24-17/h6-9H,3-5H2,1-2H3/b13-7+. The van der Waals surface area contributed by atoms with Gasteiger partial charge in [-0.3, -0.25) is 0 Å². The number of nitrogens with zero attached hydrogens (tertiary/aromatic N) is 2. The fourth-order valence-electron chi connectivity index (χ4n) is 2.16. The summed E-state index contributed by atoms with van der Waals surface area (Å²) in [6.07, 6.45) is 3.88. The number of ether oxygens (including phenoxy) is 1. The number of aryl methyl sites for hydroxylation is 1. The maximum absolute atomic E-state index is 14.4. The molecule has 0 fully saturated rings. The van der Waals surface area contributed by atoms with Crippen LogP contribution < -0.4 is 0 Å². The SMILES string of the molecule is CCCOC(=O)/C(Cl)=C\c1cc(-c2ncnc(CC)c2Cl)c(F)cc1Cl. The molecule has 0 saturated carbocycles. The first-order chi connectivity index (χ1) is 12.4. The molecule has 0 amide bonds. The molecule has 0 N–H and O–H groups in total. The number of esters is 1. The van der Waals surface area contributed by atoms with Crippen molar-refractivity contribution in [3.63, 3.8) is 0 Å². The zero-order valence-corrected chi connectivity index (χ0v) is 16.4. The molecule has 0 saturated heterocycles. The topological polar surface area (TPSA) is 52.1 Å². The van der Waals surface area contributed by atoms with E-state index in [-0.39, 0.29) is 32.9 Å². The summed E-state index contributed by atoms with van der Waals surface area (Å²) in [5.74, 6) is -1.27. The van der Waals surface area contributed by atoms with Gasteiger partial charge >= 0.3 is 5.97 Å². The van der Waals surface area contributed by atoms with Crippen LogP contribution >= 0.6 is 34.8 Å². The van der Waals surface area contributed by atoms with Gasteiger partial charge in [0.25, 0.3) is 0 Å². The predicted octanol–water partition coefficient (Wildman–Crippen LogP) is 5.68. The van der Waals surface area contributed by atoms with Crippen molar-refractivity contribution in [1.29, 1.82) is 0 Å². The number of aromatic nitrogens is 2. The Morgan fingerprint density at radius 3 is 2.65 bits per heavy atom. The Morgan fingerprint density at radius 1 is 1.27 bits per heavy atom. The van der Waals surface area contributed by atoms with Crippen LogP contribution in [-0.2, 0) is 16.0 Å². The molecule has 0 radical (unpaired) electrons. The molecule has 0 spiro atoms. The van der Waals surface area contributed by atoms with Gasteiger partial charge in [-0.25, -0.2) is 19.2 Å². The second-order valence-electron chi connectivity index (χ2n) is 5.32. The van der Waals surface area contributed by atoms with E-state index in [2.05, 4.69) is 9.97 Å². The molecule has 0 aliphatic carbocycles. The van der Waals surface area contributed by atoms with Crippen molar-refractivity contribution < 1.29 is 13.9 Å². The average molecular weight is 418 g/mol. The van der Waals surface area contributed by atoms with Crippen molar-refractivity contribution >= 4 is 46.8 Å². The summed E-state index contributed by atoms with van der Waals surface area (Å²) in [5.41, 5.74) is 1.32. The van der Waals surface area contributed by atoms with Crippen molar-refractivity contribution in [2.75, 3.05) is 6.61 Å². The van der Waals surface area contributed by atoms with Gasteiger partial charge in [-0.05, 0) is 36.6 Å². The average Bonchev–Trinajstić information content (AvgIpc) is 2.62. The fraction of sp³-hybridized carbons (Fsp3) is 0.278. The molecule has 1 aromatic heterocycles. The van der Waals surface area contributed by atoms with Gasteiger partial charge in [-0.2, -0.15) is 0 Å². The molecule has 4 nitrogen and oxygen atoms in total. The molecule has 2 aromatic rings. The molecule has 1 heterocycles. The lowest BCUT2D eigenvalue weighted by Crippen LogP contribution is -2.05. The lowest BCUT2D eigenvalue weighted by atomic mass is 10.1. The summed E-state index contributed by atoms with van der Waals surface area (Å²) in [6, 6.07) is 2.55. The molecule has 0 bridgehead atoms. The molecule has 1 aromatic carbocycles. The lowest BCUT2D eigenvalue weighted by molar-refractivity contribution is -0.138. The minimum absolute atomic E-state index is 0.0913. The van der Waals surface area contributed by atoms with Crippen LogP contribution in [0.1, 0.15) is 31.5 Å². The van der Waals surface area contributed by atoms with E-state index in [1.54, 1.807) is 0 Å². The third-order valence-electron chi connectivity index (χ3n) is 3.45. The summed E-state index contributed by atoms with van der Waals surface area (Å²) in [6.45, 7) is 4.00. The maximum Gasteiger partial charge on any atom is 0.349 e. The summed E-state index contributed by atoms with van der Waals surface area (Å²) in [4.78, 5) is 19.9.